The van der Waals surface area contributed by atoms with Crippen molar-refractivity contribution in [3.63, 3.8) is 0 Å². The highest BCUT2D eigenvalue weighted by molar-refractivity contribution is 7.89. The number of H-pyrrole nitrogens is 1. The van der Waals surface area contributed by atoms with Gasteiger partial charge in [-0.2, -0.15) is 9.40 Å². The molecule has 6 nitrogen and oxygen atoms in total. The molecule has 0 saturated heterocycles. The van der Waals surface area contributed by atoms with Crippen molar-refractivity contribution in [3.8, 4) is 0 Å². The molecular formula is C13H26N4O2S. The second kappa shape index (κ2) is 7.75. The molecule has 2 N–H and O–H groups in total. The molecule has 0 fully saturated rings. The number of aromatic amines is 1. The zero-order chi connectivity index (χ0) is 15.2. The second-order valence-electron chi connectivity index (χ2n) is 5.29. The summed E-state index contributed by atoms with van der Waals surface area (Å²) in [6, 6.07) is 0.294. The van der Waals surface area contributed by atoms with Gasteiger partial charge < -0.3 is 5.32 Å². The van der Waals surface area contributed by atoms with Gasteiger partial charge >= 0.3 is 0 Å². The van der Waals surface area contributed by atoms with Gasteiger partial charge in [0.15, 0.2) is 5.03 Å². The summed E-state index contributed by atoms with van der Waals surface area (Å²) >= 11 is 0. The molecule has 0 aliphatic rings. The Morgan fingerprint density at radius 3 is 2.70 bits per heavy atom. The van der Waals surface area contributed by atoms with E-state index in [1.165, 1.54) is 4.31 Å². The first kappa shape index (κ1) is 17.1. The molecule has 0 bridgehead atoms. The minimum Gasteiger partial charge on any atom is -0.310 e. The number of nitrogens with zero attached hydrogens (tertiary/aromatic N) is 2. The van der Waals surface area contributed by atoms with Crippen molar-refractivity contribution in [3.05, 3.63) is 11.8 Å². The number of aromatic nitrogens is 2. The van der Waals surface area contributed by atoms with Crippen molar-refractivity contribution in [2.24, 2.45) is 0 Å². The molecule has 0 atom stereocenters. The van der Waals surface area contributed by atoms with Crippen LogP contribution in [-0.4, -0.2) is 42.6 Å². The lowest BCUT2D eigenvalue weighted by Crippen LogP contribution is -2.30. The largest absolute Gasteiger partial charge is 0.310 e. The van der Waals surface area contributed by atoms with E-state index < -0.39 is 10.0 Å². The molecule has 0 unspecified atom stereocenters. The highest BCUT2D eigenvalue weighted by Gasteiger charge is 2.25. The zero-order valence-electron chi connectivity index (χ0n) is 12.8. The van der Waals surface area contributed by atoms with Crippen LogP contribution in [-0.2, 0) is 16.6 Å². The summed E-state index contributed by atoms with van der Waals surface area (Å²) in [6.07, 6.45) is 4.55. The Hall–Kier alpha value is -0.920. The molecule has 0 amide bonds. The summed E-state index contributed by atoms with van der Waals surface area (Å²) in [5, 5.41) is 9.90. The molecule has 0 aliphatic carbocycles. The third kappa shape index (κ3) is 4.57. The third-order valence-corrected chi connectivity index (χ3v) is 5.00. The van der Waals surface area contributed by atoms with Crippen molar-refractivity contribution in [2.75, 3.05) is 13.6 Å². The van der Waals surface area contributed by atoms with Crippen LogP contribution in [0.3, 0.4) is 0 Å². The first-order valence-electron chi connectivity index (χ1n) is 7.11. The average Bonchev–Trinajstić information content (AvgIpc) is 2.85. The lowest BCUT2D eigenvalue weighted by atomic mass is 10.2. The molecule has 20 heavy (non-hydrogen) atoms. The van der Waals surface area contributed by atoms with E-state index in [0.717, 1.165) is 19.3 Å². The Balaban J connectivity index is 2.79. The Bertz CT molecular complexity index is 496. The van der Waals surface area contributed by atoms with Crippen LogP contribution in [0.15, 0.2) is 11.2 Å². The van der Waals surface area contributed by atoms with Gasteiger partial charge in [0.05, 0.1) is 6.20 Å². The zero-order valence-corrected chi connectivity index (χ0v) is 13.6. The van der Waals surface area contributed by atoms with E-state index in [0.29, 0.717) is 24.7 Å². The smallest absolute Gasteiger partial charge is 0.260 e. The van der Waals surface area contributed by atoms with Crippen LogP contribution in [0, 0.1) is 0 Å². The van der Waals surface area contributed by atoms with Crippen molar-refractivity contribution in [1.29, 1.82) is 0 Å². The van der Waals surface area contributed by atoms with Gasteiger partial charge in [0.1, 0.15) is 0 Å². The Labute approximate surface area is 122 Å². The molecule has 1 rings (SSSR count). The number of sulfonamides is 1. The molecule has 1 aromatic rings. The Morgan fingerprint density at radius 2 is 2.10 bits per heavy atom. The van der Waals surface area contributed by atoms with E-state index in [1.54, 1.807) is 13.2 Å². The van der Waals surface area contributed by atoms with Crippen molar-refractivity contribution >= 4 is 10.0 Å². The fraction of sp³-hybridized carbons (Fsp3) is 0.769. The van der Waals surface area contributed by atoms with Gasteiger partial charge in [-0.1, -0.05) is 33.6 Å². The summed E-state index contributed by atoms with van der Waals surface area (Å²) in [5.41, 5.74) is 0.682. The maximum Gasteiger partial charge on any atom is 0.260 e. The Morgan fingerprint density at radius 1 is 1.40 bits per heavy atom. The third-order valence-electron chi connectivity index (χ3n) is 3.12. The molecule has 0 aromatic carbocycles. The molecular weight excluding hydrogens is 276 g/mol. The van der Waals surface area contributed by atoms with Gasteiger partial charge in [-0.3, -0.25) is 5.10 Å². The SMILES string of the molecule is CCCCCN(C)S(=O)(=O)c1[nH]ncc1CNC(C)C. The normalized spacial score (nSPS) is 12.5. The number of rotatable bonds is 9. The van der Waals surface area contributed by atoms with Gasteiger partial charge in [0.2, 0.25) is 0 Å². The van der Waals surface area contributed by atoms with Crippen LogP contribution in [0.4, 0.5) is 0 Å². The quantitative estimate of drug-likeness (QED) is 0.681. The van der Waals surface area contributed by atoms with Gasteiger partial charge in [-0.05, 0) is 6.42 Å². The highest BCUT2D eigenvalue weighted by atomic mass is 32.2. The summed E-state index contributed by atoms with van der Waals surface area (Å²) < 4.78 is 26.4. The van der Waals surface area contributed by atoms with Crippen LogP contribution in [0.1, 0.15) is 45.6 Å². The molecule has 1 heterocycles. The number of hydrogen-bond donors (Lipinski definition) is 2. The summed E-state index contributed by atoms with van der Waals surface area (Å²) in [4.78, 5) is 0. The second-order valence-corrected chi connectivity index (χ2v) is 7.28. The molecule has 0 aliphatic heterocycles. The summed E-state index contributed by atoms with van der Waals surface area (Å²) in [7, 11) is -1.86. The van der Waals surface area contributed by atoms with Crippen LogP contribution in [0.25, 0.3) is 0 Å². The number of nitrogens with one attached hydrogen (secondary N) is 2. The monoisotopic (exact) mass is 302 g/mol. The van der Waals surface area contributed by atoms with Crippen LogP contribution < -0.4 is 5.32 Å². The van der Waals surface area contributed by atoms with Gasteiger partial charge in [-0.15, -0.1) is 0 Å². The van der Waals surface area contributed by atoms with Crippen LogP contribution >= 0.6 is 0 Å². The minimum absolute atomic E-state index is 0.199. The van der Waals surface area contributed by atoms with E-state index >= 15 is 0 Å². The fourth-order valence-electron chi connectivity index (χ4n) is 1.82. The summed E-state index contributed by atoms with van der Waals surface area (Å²) in [5.74, 6) is 0. The number of unbranched alkanes of at least 4 members (excludes halogenated alkanes) is 2. The lowest BCUT2D eigenvalue weighted by molar-refractivity contribution is 0.450. The summed E-state index contributed by atoms with van der Waals surface area (Å²) in [6.45, 7) is 7.16. The fourth-order valence-corrected chi connectivity index (χ4v) is 3.13. The maximum absolute atomic E-state index is 12.5. The predicted octanol–water partition coefficient (Wildman–Crippen LogP) is 1.72. The molecule has 0 saturated carbocycles. The topological polar surface area (TPSA) is 78.1 Å². The van der Waals surface area contributed by atoms with Crippen LogP contribution in [0.2, 0.25) is 0 Å². The van der Waals surface area contributed by atoms with E-state index in [1.807, 2.05) is 13.8 Å². The molecule has 116 valence electrons. The van der Waals surface area contributed by atoms with Gasteiger partial charge in [0, 0.05) is 31.7 Å². The number of hydrogen-bond acceptors (Lipinski definition) is 4. The van der Waals surface area contributed by atoms with E-state index in [9.17, 15) is 8.42 Å². The van der Waals surface area contributed by atoms with E-state index in [-0.39, 0.29) is 5.03 Å². The first-order valence-corrected chi connectivity index (χ1v) is 8.55. The van der Waals surface area contributed by atoms with Gasteiger partial charge in [-0.25, -0.2) is 8.42 Å². The van der Waals surface area contributed by atoms with Crippen LogP contribution in [0.5, 0.6) is 0 Å². The standard InChI is InChI=1S/C13H26N4O2S/c1-5-6-7-8-17(4)20(18,19)13-12(10-15-16-13)9-14-11(2)3/h10-11,14H,5-9H2,1-4H3,(H,15,16). The average molecular weight is 302 g/mol. The lowest BCUT2D eigenvalue weighted by Gasteiger charge is -2.17. The molecule has 0 spiro atoms. The molecule has 0 radical (unpaired) electrons. The highest BCUT2D eigenvalue weighted by Crippen LogP contribution is 2.17. The maximum atomic E-state index is 12.5. The van der Waals surface area contributed by atoms with Crippen molar-refractivity contribution in [2.45, 2.75) is 57.6 Å². The predicted molar refractivity (Wildman–Crippen MR) is 79.9 cm³/mol. The van der Waals surface area contributed by atoms with Crippen molar-refractivity contribution < 1.29 is 8.42 Å². The van der Waals surface area contributed by atoms with E-state index in [4.69, 9.17) is 0 Å². The Kier molecular flexibility index (Phi) is 6.64. The molecule has 1 aromatic heterocycles. The van der Waals surface area contributed by atoms with Gasteiger partial charge in [0.25, 0.3) is 10.0 Å². The van der Waals surface area contributed by atoms with E-state index in [2.05, 4.69) is 22.4 Å². The minimum atomic E-state index is -3.48. The first-order chi connectivity index (χ1) is 9.39. The van der Waals surface area contributed by atoms with Crippen molar-refractivity contribution in [1.82, 2.24) is 19.8 Å². The molecule has 7 heteroatoms.